The minimum absolute atomic E-state index is 0.0713. The molecule has 0 spiro atoms. The summed E-state index contributed by atoms with van der Waals surface area (Å²) >= 11 is 0. The van der Waals surface area contributed by atoms with E-state index >= 15 is 0 Å². The van der Waals surface area contributed by atoms with Gasteiger partial charge in [0.25, 0.3) is 0 Å². The average Bonchev–Trinajstić information content (AvgIpc) is 2.36. The maximum Gasteiger partial charge on any atom is 0.408 e. The maximum atomic E-state index is 11.3. The van der Waals surface area contributed by atoms with Crippen molar-refractivity contribution in [1.82, 2.24) is 10.2 Å². The van der Waals surface area contributed by atoms with Gasteiger partial charge in [0, 0.05) is 6.54 Å². The molecule has 1 atom stereocenters. The molecule has 1 unspecified atom stereocenters. The lowest BCUT2D eigenvalue weighted by molar-refractivity contribution is -0.139. The lowest BCUT2D eigenvalue weighted by Gasteiger charge is -2.28. The molecule has 102 valence electrons. The number of likely N-dealkylation sites (tertiary alicyclic amines) is 1. The minimum Gasteiger partial charge on any atom is -0.480 e. The molecular weight excluding hydrogens is 236 g/mol. The molecule has 0 aromatic heterocycles. The molecule has 1 aliphatic heterocycles. The predicted molar refractivity (Wildman–Crippen MR) is 66.4 cm³/mol. The highest BCUT2D eigenvalue weighted by Gasteiger charge is 2.24. The molecule has 0 saturated carbocycles. The molecule has 1 heterocycles. The second-order valence-electron chi connectivity index (χ2n) is 4.28. The van der Waals surface area contributed by atoms with Gasteiger partial charge >= 0.3 is 12.1 Å². The van der Waals surface area contributed by atoms with Gasteiger partial charge in [-0.05, 0) is 25.9 Å². The number of carboxylic acid groups (broad SMARTS) is 1. The molecule has 1 fully saturated rings. The Kier molecular flexibility index (Phi) is 6.21. The van der Waals surface area contributed by atoms with Crippen LogP contribution in [0.4, 0.5) is 4.79 Å². The summed E-state index contributed by atoms with van der Waals surface area (Å²) in [5.41, 5.74) is 0. The van der Waals surface area contributed by atoms with Crippen LogP contribution in [0.25, 0.3) is 0 Å². The third kappa shape index (κ3) is 5.18. The van der Waals surface area contributed by atoms with Gasteiger partial charge in [-0.3, -0.25) is 0 Å². The topological polar surface area (TPSA) is 78.9 Å². The third-order valence-electron chi connectivity index (χ3n) is 2.81. The largest absolute Gasteiger partial charge is 0.480 e. The summed E-state index contributed by atoms with van der Waals surface area (Å²) in [6.45, 7) is 5.56. The molecule has 1 aliphatic rings. The molecule has 1 amide bonds. The summed E-state index contributed by atoms with van der Waals surface area (Å²) in [5, 5.41) is 11.4. The zero-order valence-electron chi connectivity index (χ0n) is 10.4. The van der Waals surface area contributed by atoms with Crippen LogP contribution in [0.1, 0.15) is 19.3 Å². The Morgan fingerprint density at radius 1 is 1.39 bits per heavy atom. The molecule has 0 aromatic rings. The molecule has 6 nitrogen and oxygen atoms in total. The highest BCUT2D eigenvalue weighted by molar-refractivity contribution is 5.80. The Balaban J connectivity index is 2.40. The SMILES string of the molecule is C=CCOC(=O)NC(CN1CCCCC1)C(=O)O. The average molecular weight is 256 g/mol. The Morgan fingerprint density at radius 2 is 2.06 bits per heavy atom. The summed E-state index contributed by atoms with van der Waals surface area (Å²) in [5.74, 6) is -1.05. The van der Waals surface area contributed by atoms with E-state index in [1.54, 1.807) is 0 Å². The number of hydrogen-bond acceptors (Lipinski definition) is 4. The summed E-state index contributed by atoms with van der Waals surface area (Å²) in [4.78, 5) is 24.4. The zero-order valence-corrected chi connectivity index (χ0v) is 10.4. The van der Waals surface area contributed by atoms with E-state index in [2.05, 4.69) is 16.8 Å². The monoisotopic (exact) mass is 256 g/mol. The van der Waals surface area contributed by atoms with Crippen LogP contribution in [0.2, 0.25) is 0 Å². The lowest BCUT2D eigenvalue weighted by Crippen LogP contribution is -2.49. The second-order valence-corrected chi connectivity index (χ2v) is 4.28. The molecule has 1 rings (SSSR count). The summed E-state index contributed by atoms with van der Waals surface area (Å²) < 4.78 is 4.71. The van der Waals surface area contributed by atoms with Crippen LogP contribution < -0.4 is 5.32 Å². The highest BCUT2D eigenvalue weighted by Crippen LogP contribution is 2.09. The number of alkyl carbamates (subject to hydrolysis) is 1. The first kappa shape index (κ1) is 14.5. The van der Waals surface area contributed by atoms with Crippen molar-refractivity contribution < 1.29 is 19.4 Å². The Bertz CT molecular complexity index is 300. The van der Waals surface area contributed by atoms with Crippen LogP contribution in [-0.4, -0.2) is 54.4 Å². The third-order valence-corrected chi connectivity index (χ3v) is 2.81. The van der Waals surface area contributed by atoms with Gasteiger partial charge in [0.1, 0.15) is 12.6 Å². The number of piperidine rings is 1. The standard InChI is InChI=1S/C12H20N2O4/c1-2-8-18-12(17)13-10(11(15)16)9-14-6-4-3-5-7-14/h2,10H,1,3-9H2,(H,13,17)(H,15,16). The van der Waals surface area contributed by atoms with Gasteiger partial charge in [-0.15, -0.1) is 0 Å². The van der Waals surface area contributed by atoms with Crippen LogP contribution in [0.5, 0.6) is 0 Å². The quantitative estimate of drug-likeness (QED) is 0.688. The number of amides is 1. The van der Waals surface area contributed by atoms with Crippen molar-refractivity contribution in [3.05, 3.63) is 12.7 Å². The van der Waals surface area contributed by atoms with Crippen molar-refractivity contribution in [2.45, 2.75) is 25.3 Å². The number of nitrogens with one attached hydrogen (secondary N) is 1. The van der Waals surface area contributed by atoms with Gasteiger partial charge in [0.15, 0.2) is 0 Å². The smallest absolute Gasteiger partial charge is 0.408 e. The number of carboxylic acids is 1. The summed E-state index contributed by atoms with van der Waals surface area (Å²) in [7, 11) is 0. The van der Waals surface area contributed by atoms with Crippen molar-refractivity contribution in [1.29, 1.82) is 0 Å². The first-order chi connectivity index (χ1) is 8.63. The molecule has 0 bridgehead atoms. The fraction of sp³-hybridized carbons (Fsp3) is 0.667. The van der Waals surface area contributed by atoms with E-state index in [0.29, 0.717) is 6.54 Å². The van der Waals surface area contributed by atoms with Gasteiger partial charge in [0.05, 0.1) is 0 Å². The number of aliphatic carboxylic acids is 1. The number of rotatable bonds is 6. The molecule has 6 heteroatoms. The van der Waals surface area contributed by atoms with E-state index < -0.39 is 18.1 Å². The molecule has 2 N–H and O–H groups in total. The number of carbonyl (C=O) groups is 2. The Morgan fingerprint density at radius 3 is 2.61 bits per heavy atom. The molecular formula is C12H20N2O4. The Hall–Kier alpha value is -1.56. The molecule has 0 aromatic carbocycles. The van der Waals surface area contributed by atoms with E-state index in [4.69, 9.17) is 9.84 Å². The molecule has 1 saturated heterocycles. The van der Waals surface area contributed by atoms with Gasteiger partial charge in [-0.2, -0.15) is 0 Å². The van der Waals surface area contributed by atoms with E-state index in [0.717, 1.165) is 25.9 Å². The number of carbonyl (C=O) groups excluding carboxylic acids is 1. The van der Waals surface area contributed by atoms with Crippen molar-refractivity contribution in [3.8, 4) is 0 Å². The van der Waals surface area contributed by atoms with E-state index in [9.17, 15) is 9.59 Å². The van der Waals surface area contributed by atoms with E-state index in [1.165, 1.54) is 12.5 Å². The van der Waals surface area contributed by atoms with Crippen molar-refractivity contribution in [2.24, 2.45) is 0 Å². The minimum atomic E-state index is -1.05. The van der Waals surface area contributed by atoms with Crippen molar-refractivity contribution in [2.75, 3.05) is 26.2 Å². The van der Waals surface area contributed by atoms with E-state index in [1.807, 2.05) is 0 Å². The van der Waals surface area contributed by atoms with Crippen molar-refractivity contribution >= 4 is 12.1 Å². The molecule has 18 heavy (non-hydrogen) atoms. The fourth-order valence-corrected chi connectivity index (χ4v) is 1.90. The van der Waals surface area contributed by atoms with Crippen LogP contribution in [0.15, 0.2) is 12.7 Å². The molecule has 0 aliphatic carbocycles. The van der Waals surface area contributed by atoms with Gasteiger partial charge in [-0.1, -0.05) is 19.1 Å². The maximum absolute atomic E-state index is 11.3. The lowest BCUT2D eigenvalue weighted by atomic mass is 10.1. The van der Waals surface area contributed by atoms with Gasteiger partial charge in [0.2, 0.25) is 0 Å². The summed E-state index contributed by atoms with van der Waals surface area (Å²) in [6, 6.07) is -0.930. The predicted octanol–water partition coefficient (Wildman–Crippen LogP) is 0.838. The highest BCUT2D eigenvalue weighted by atomic mass is 16.5. The van der Waals surface area contributed by atoms with Crippen molar-refractivity contribution in [3.63, 3.8) is 0 Å². The van der Waals surface area contributed by atoms with Gasteiger partial charge < -0.3 is 20.1 Å². The first-order valence-corrected chi connectivity index (χ1v) is 6.13. The zero-order chi connectivity index (χ0) is 13.4. The normalized spacial score (nSPS) is 17.8. The fourth-order valence-electron chi connectivity index (χ4n) is 1.90. The Labute approximate surface area is 107 Å². The molecule has 0 radical (unpaired) electrons. The van der Waals surface area contributed by atoms with Crippen LogP contribution in [0.3, 0.4) is 0 Å². The number of ether oxygens (including phenoxy) is 1. The van der Waals surface area contributed by atoms with Gasteiger partial charge in [-0.25, -0.2) is 9.59 Å². The first-order valence-electron chi connectivity index (χ1n) is 6.13. The van der Waals surface area contributed by atoms with Crippen LogP contribution in [0, 0.1) is 0 Å². The van der Waals surface area contributed by atoms with Crippen LogP contribution >= 0.6 is 0 Å². The number of hydrogen-bond donors (Lipinski definition) is 2. The second kappa shape index (κ2) is 7.71. The number of nitrogens with zero attached hydrogens (tertiary/aromatic N) is 1. The van der Waals surface area contributed by atoms with E-state index in [-0.39, 0.29) is 6.61 Å². The summed E-state index contributed by atoms with van der Waals surface area (Å²) in [6.07, 6.45) is 4.04. The van der Waals surface area contributed by atoms with Crippen LogP contribution in [-0.2, 0) is 9.53 Å².